The molecule has 3 atom stereocenters. The highest BCUT2D eigenvalue weighted by Crippen LogP contribution is 2.17. The Kier molecular flexibility index (Phi) is 3.11. The van der Waals surface area contributed by atoms with Crippen molar-refractivity contribution in [2.24, 2.45) is 11.7 Å². The minimum Gasteiger partial charge on any atom is -0.379 e. The van der Waals surface area contributed by atoms with E-state index in [-0.39, 0.29) is 23.8 Å². The van der Waals surface area contributed by atoms with E-state index in [0.29, 0.717) is 26.3 Å². The van der Waals surface area contributed by atoms with Gasteiger partial charge >= 0.3 is 0 Å². The third kappa shape index (κ3) is 1.90. The van der Waals surface area contributed by atoms with E-state index in [4.69, 9.17) is 10.5 Å². The Morgan fingerprint density at radius 2 is 2.31 bits per heavy atom. The lowest BCUT2D eigenvalue weighted by atomic mass is 10.0. The molecule has 0 saturated carbocycles. The molecule has 2 aliphatic heterocycles. The molecular formula is C10H17N3O3. The predicted octanol–water partition coefficient (Wildman–Crippen LogP) is -1.69. The van der Waals surface area contributed by atoms with Gasteiger partial charge in [0.2, 0.25) is 11.8 Å². The van der Waals surface area contributed by atoms with Gasteiger partial charge < -0.3 is 20.7 Å². The molecule has 16 heavy (non-hydrogen) atoms. The van der Waals surface area contributed by atoms with E-state index in [0.717, 1.165) is 0 Å². The van der Waals surface area contributed by atoms with Gasteiger partial charge in [0, 0.05) is 19.1 Å². The van der Waals surface area contributed by atoms with Crippen LogP contribution in [0.3, 0.4) is 0 Å². The average Bonchev–Trinajstić information content (AvgIpc) is 2.68. The minimum absolute atomic E-state index is 0.0626. The zero-order valence-corrected chi connectivity index (χ0v) is 9.31. The molecule has 2 amide bonds. The van der Waals surface area contributed by atoms with Crippen molar-refractivity contribution in [3.8, 4) is 0 Å². The summed E-state index contributed by atoms with van der Waals surface area (Å²) in [5, 5.41) is 2.72. The quantitative estimate of drug-likeness (QED) is 0.559. The van der Waals surface area contributed by atoms with E-state index in [1.807, 2.05) is 0 Å². The van der Waals surface area contributed by atoms with Crippen molar-refractivity contribution < 1.29 is 14.3 Å². The Morgan fingerprint density at radius 3 is 2.94 bits per heavy atom. The van der Waals surface area contributed by atoms with Gasteiger partial charge in [-0.2, -0.15) is 0 Å². The molecule has 0 radical (unpaired) electrons. The largest absolute Gasteiger partial charge is 0.379 e. The second kappa shape index (κ2) is 4.39. The van der Waals surface area contributed by atoms with Crippen molar-refractivity contribution in [3.05, 3.63) is 0 Å². The Hall–Kier alpha value is -1.14. The first kappa shape index (κ1) is 11.3. The molecule has 0 aromatic heterocycles. The Bertz CT molecular complexity index is 308. The van der Waals surface area contributed by atoms with Gasteiger partial charge in [0.1, 0.15) is 6.04 Å². The van der Waals surface area contributed by atoms with Crippen LogP contribution < -0.4 is 11.1 Å². The topological polar surface area (TPSA) is 84.7 Å². The van der Waals surface area contributed by atoms with Crippen LogP contribution in [0.25, 0.3) is 0 Å². The molecule has 0 aromatic carbocycles. The molecule has 2 saturated heterocycles. The smallest absolute Gasteiger partial charge is 0.242 e. The van der Waals surface area contributed by atoms with Crippen LogP contribution in [0.5, 0.6) is 0 Å². The lowest BCUT2D eigenvalue weighted by Gasteiger charge is -2.34. The number of nitrogens with one attached hydrogen (secondary N) is 1. The van der Waals surface area contributed by atoms with E-state index >= 15 is 0 Å². The highest BCUT2D eigenvalue weighted by Gasteiger charge is 2.38. The fourth-order valence-corrected chi connectivity index (χ4v) is 2.12. The number of rotatable bonds is 1. The van der Waals surface area contributed by atoms with Crippen LogP contribution in [0.2, 0.25) is 0 Å². The standard InChI is InChI=1S/C10H17N3O3/c1-6-9(14)12-2-3-13(6)10(15)7-4-16-5-8(7)11/h6-8H,2-5,11H2,1H3,(H,12,14). The molecule has 0 aliphatic carbocycles. The van der Waals surface area contributed by atoms with E-state index in [1.54, 1.807) is 11.8 Å². The summed E-state index contributed by atoms with van der Waals surface area (Å²) in [6.07, 6.45) is 0. The highest BCUT2D eigenvalue weighted by atomic mass is 16.5. The van der Waals surface area contributed by atoms with Crippen LogP contribution >= 0.6 is 0 Å². The summed E-state index contributed by atoms with van der Waals surface area (Å²) in [5.74, 6) is -0.465. The maximum Gasteiger partial charge on any atom is 0.242 e. The fourth-order valence-electron chi connectivity index (χ4n) is 2.12. The molecule has 3 unspecified atom stereocenters. The van der Waals surface area contributed by atoms with Crippen LogP contribution in [0.1, 0.15) is 6.92 Å². The van der Waals surface area contributed by atoms with Crippen LogP contribution in [-0.2, 0) is 14.3 Å². The van der Waals surface area contributed by atoms with Crippen molar-refractivity contribution in [3.63, 3.8) is 0 Å². The second-order valence-electron chi connectivity index (χ2n) is 4.31. The normalized spacial score (nSPS) is 35.0. The van der Waals surface area contributed by atoms with Crippen molar-refractivity contribution in [2.75, 3.05) is 26.3 Å². The Morgan fingerprint density at radius 1 is 1.56 bits per heavy atom. The molecule has 0 aromatic rings. The van der Waals surface area contributed by atoms with E-state index in [1.165, 1.54) is 0 Å². The van der Waals surface area contributed by atoms with Crippen molar-refractivity contribution >= 4 is 11.8 Å². The zero-order chi connectivity index (χ0) is 11.7. The van der Waals surface area contributed by atoms with Gasteiger partial charge in [-0.3, -0.25) is 9.59 Å². The van der Waals surface area contributed by atoms with E-state index < -0.39 is 6.04 Å². The number of amides is 2. The van der Waals surface area contributed by atoms with Crippen LogP contribution in [0.4, 0.5) is 0 Å². The summed E-state index contributed by atoms with van der Waals surface area (Å²) >= 11 is 0. The van der Waals surface area contributed by atoms with Gasteiger partial charge in [-0.25, -0.2) is 0 Å². The summed E-state index contributed by atoms with van der Waals surface area (Å²) in [4.78, 5) is 25.2. The van der Waals surface area contributed by atoms with Crippen LogP contribution in [0.15, 0.2) is 0 Å². The van der Waals surface area contributed by atoms with Gasteiger partial charge in [0.05, 0.1) is 19.1 Å². The van der Waals surface area contributed by atoms with E-state index in [9.17, 15) is 9.59 Å². The van der Waals surface area contributed by atoms with E-state index in [2.05, 4.69) is 5.32 Å². The number of ether oxygens (including phenoxy) is 1. The fraction of sp³-hybridized carbons (Fsp3) is 0.800. The van der Waals surface area contributed by atoms with Crippen molar-refractivity contribution in [1.82, 2.24) is 10.2 Å². The number of nitrogens with two attached hydrogens (primary N) is 1. The van der Waals surface area contributed by atoms with Crippen molar-refractivity contribution in [1.29, 1.82) is 0 Å². The lowest BCUT2D eigenvalue weighted by molar-refractivity contribution is -0.145. The number of piperazine rings is 1. The molecule has 3 N–H and O–H groups in total. The summed E-state index contributed by atoms with van der Waals surface area (Å²) in [6.45, 7) is 3.58. The minimum atomic E-state index is -0.408. The van der Waals surface area contributed by atoms with Crippen LogP contribution in [0, 0.1) is 5.92 Å². The number of nitrogens with zero attached hydrogens (tertiary/aromatic N) is 1. The first-order valence-electron chi connectivity index (χ1n) is 5.53. The SMILES string of the molecule is CC1C(=O)NCCN1C(=O)C1COCC1N. The van der Waals surface area contributed by atoms with Gasteiger partial charge in [-0.15, -0.1) is 0 Å². The van der Waals surface area contributed by atoms with Gasteiger partial charge in [0.15, 0.2) is 0 Å². The third-order valence-electron chi connectivity index (χ3n) is 3.22. The first-order chi connectivity index (χ1) is 7.61. The maximum atomic E-state index is 12.2. The molecule has 0 spiro atoms. The van der Waals surface area contributed by atoms with Crippen molar-refractivity contribution in [2.45, 2.75) is 19.0 Å². The predicted molar refractivity (Wildman–Crippen MR) is 56.5 cm³/mol. The lowest BCUT2D eigenvalue weighted by Crippen LogP contribution is -2.58. The number of carbonyl (C=O) groups excluding carboxylic acids is 2. The number of carbonyl (C=O) groups is 2. The number of hydrogen-bond donors (Lipinski definition) is 2. The third-order valence-corrected chi connectivity index (χ3v) is 3.22. The van der Waals surface area contributed by atoms with Gasteiger partial charge in [0.25, 0.3) is 0 Å². The second-order valence-corrected chi connectivity index (χ2v) is 4.31. The van der Waals surface area contributed by atoms with Crippen LogP contribution in [-0.4, -0.2) is 55.1 Å². The molecule has 2 fully saturated rings. The molecule has 0 bridgehead atoms. The maximum absolute atomic E-state index is 12.2. The highest BCUT2D eigenvalue weighted by molar-refractivity contribution is 5.89. The molecule has 90 valence electrons. The molecule has 2 heterocycles. The monoisotopic (exact) mass is 227 g/mol. The summed E-state index contributed by atoms with van der Waals surface area (Å²) in [5.41, 5.74) is 5.79. The molecule has 6 heteroatoms. The molecule has 2 rings (SSSR count). The van der Waals surface area contributed by atoms with Gasteiger partial charge in [-0.1, -0.05) is 0 Å². The van der Waals surface area contributed by atoms with Gasteiger partial charge in [-0.05, 0) is 6.92 Å². The summed E-state index contributed by atoms with van der Waals surface area (Å²) in [6, 6.07) is -0.654. The Labute approximate surface area is 94.1 Å². The Balaban J connectivity index is 2.05. The summed E-state index contributed by atoms with van der Waals surface area (Å²) in [7, 11) is 0. The number of hydrogen-bond acceptors (Lipinski definition) is 4. The first-order valence-corrected chi connectivity index (χ1v) is 5.53. The molecule has 6 nitrogen and oxygen atoms in total. The average molecular weight is 227 g/mol. The molecular weight excluding hydrogens is 210 g/mol. The zero-order valence-electron chi connectivity index (χ0n) is 9.31. The molecule has 2 aliphatic rings. The summed E-state index contributed by atoms with van der Waals surface area (Å²) < 4.78 is 5.17.